The maximum absolute atomic E-state index is 13.6. The lowest BCUT2D eigenvalue weighted by Crippen LogP contribution is -2.48. The number of benzene rings is 4. The highest BCUT2D eigenvalue weighted by Crippen LogP contribution is 2.33. The van der Waals surface area contributed by atoms with Gasteiger partial charge in [-0.25, -0.2) is 9.59 Å². The molecule has 7 amide bonds. The Morgan fingerprint density at radius 2 is 1.40 bits per heavy atom. The van der Waals surface area contributed by atoms with E-state index in [0.717, 1.165) is 24.2 Å². The summed E-state index contributed by atoms with van der Waals surface area (Å²) in [5.74, 6) is -2.29. The number of carbonyl (C=O) groups is 8. The molecule has 3 aliphatic rings. The summed E-state index contributed by atoms with van der Waals surface area (Å²) in [7, 11) is 0. The first-order valence-corrected chi connectivity index (χ1v) is 28.7. The first kappa shape index (κ1) is 60.7. The molecule has 1 aromatic heterocycles. The minimum absolute atomic E-state index is 0.0199. The number of nitrogens with zero attached hydrogens (tertiary/aromatic N) is 6. The van der Waals surface area contributed by atoms with Gasteiger partial charge in [0.15, 0.2) is 5.78 Å². The Morgan fingerprint density at radius 3 is 2.12 bits per heavy atom. The lowest BCUT2D eigenvalue weighted by Gasteiger charge is -2.18. The number of aromatic nitrogens is 3. The zero-order valence-electron chi connectivity index (χ0n) is 45.7. The second-order valence-electron chi connectivity index (χ2n) is 19.8. The maximum atomic E-state index is 13.6. The molecule has 4 aromatic carbocycles. The monoisotopic (exact) mass is 1160 g/mol. The van der Waals surface area contributed by atoms with E-state index in [4.69, 9.17) is 19.0 Å². The number of nitrogens with one attached hydrogen (secondary N) is 5. The molecule has 0 aliphatic carbocycles. The molecule has 0 bridgehead atoms. The summed E-state index contributed by atoms with van der Waals surface area (Å²) in [6.07, 6.45) is 5.80. The molecule has 1 unspecified atom stereocenters. The number of imide groups is 1. The molecule has 0 radical (unpaired) electrons. The van der Waals surface area contributed by atoms with Crippen LogP contribution in [0.2, 0.25) is 0 Å². The number of amides is 7. The second-order valence-corrected chi connectivity index (χ2v) is 21.1. The predicted molar refractivity (Wildman–Crippen MR) is 302 cm³/mol. The normalized spacial score (nSPS) is 16.8. The number of aromatic hydroxyl groups is 1. The second kappa shape index (κ2) is 31.2. The number of thioether (sulfide) groups is 1. The van der Waals surface area contributed by atoms with Crippen LogP contribution in [0.3, 0.4) is 0 Å². The highest BCUT2D eigenvalue weighted by Gasteiger charge is 2.42. The van der Waals surface area contributed by atoms with E-state index in [0.29, 0.717) is 118 Å². The molecule has 25 heteroatoms. The lowest BCUT2D eigenvalue weighted by molar-refractivity contribution is -0.172. The molecule has 24 nitrogen and oxygen atoms in total. The van der Waals surface area contributed by atoms with E-state index in [9.17, 15) is 43.5 Å². The minimum atomic E-state index is -0.933. The standard InChI is InChI=1S/C58H67N11O13S/c70-48-21-12-38(34-45(48)66-64-43-19-17-42(18-20-43)57(77)82-69-51(72)22-23-52(69)73)24-27-68-36-44(65-67-68)35-46(61-50(71)11-5-4-10-49-53-47(37-83-49)62-58(78)63-53)56(76)60-26-7-29-80-31-33-81-32-30-79-28-6-25-59-55(75)41-15-13-40(14-16-41)54(74)39-8-2-1-3-9-39/h1-3,8-9,12-21,34,36,46-47,49,53,70H,4-7,10-11,22-33,35,37H2,(H,59,75)(H,60,76)(H,61,71)(H2,62,63,78)/t46?,47-,49-,53-/m1/s1. The van der Waals surface area contributed by atoms with Gasteiger partial charge in [0.1, 0.15) is 17.5 Å². The third kappa shape index (κ3) is 18.6. The summed E-state index contributed by atoms with van der Waals surface area (Å²) < 4.78 is 18.6. The van der Waals surface area contributed by atoms with E-state index in [-0.39, 0.29) is 89.6 Å². The Balaban J connectivity index is 0.720. The number of urea groups is 1. The number of carbonyl (C=O) groups excluding carboxylic acids is 8. The number of ether oxygens (including phenoxy) is 3. The first-order chi connectivity index (χ1) is 40.4. The van der Waals surface area contributed by atoms with Gasteiger partial charge in [0, 0.05) is 92.4 Å². The van der Waals surface area contributed by atoms with Crippen molar-refractivity contribution in [3.8, 4) is 5.75 Å². The van der Waals surface area contributed by atoms with E-state index in [1.165, 1.54) is 30.3 Å². The number of aryl methyl sites for hydroxylation is 2. The molecule has 0 spiro atoms. The van der Waals surface area contributed by atoms with Crippen molar-refractivity contribution in [2.75, 3.05) is 58.5 Å². The van der Waals surface area contributed by atoms with E-state index in [1.807, 2.05) is 17.8 Å². The van der Waals surface area contributed by atoms with Gasteiger partial charge in [-0.3, -0.25) is 33.4 Å². The van der Waals surface area contributed by atoms with Crippen LogP contribution in [0.1, 0.15) is 99.3 Å². The van der Waals surface area contributed by atoms with Crippen molar-refractivity contribution < 1.29 is 62.5 Å². The molecule has 4 heterocycles. The largest absolute Gasteiger partial charge is 0.506 e. The molecule has 4 atom stereocenters. The molecular formula is C58H67N11O13S. The number of azo groups is 1. The zero-order chi connectivity index (χ0) is 58.3. The topological polar surface area (TPSA) is 313 Å². The summed E-state index contributed by atoms with van der Waals surface area (Å²) in [5.41, 5.74) is 3.49. The fourth-order valence-electron chi connectivity index (χ4n) is 9.18. The summed E-state index contributed by atoms with van der Waals surface area (Å²) in [6, 6.07) is 25.4. The average Bonchev–Trinajstić information content (AvgIpc) is 4.38. The number of phenols is 1. The number of hydroxylamine groups is 2. The van der Waals surface area contributed by atoms with Crippen molar-refractivity contribution in [1.82, 2.24) is 46.6 Å². The van der Waals surface area contributed by atoms with Gasteiger partial charge in [-0.15, -0.1) is 15.3 Å². The molecule has 5 aromatic rings. The molecule has 3 aliphatic heterocycles. The van der Waals surface area contributed by atoms with E-state index < -0.39 is 23.8 Å². The summed E-state index contributed by atoms with van der Waals surface area (Å²) in [4.78, 5) is 105. The molecule has 438 valence electrons. The molecular weight excluding hydrogens is 1090 g/mol. The Labute approximate surface area is 483 Å². The highest BCUT2D eigenvalue weighted by molar-refractivity contribution is 8.00. The van der Waals surface area contributed by atoms with E-state index in [1.54, 1.807) is 71.5 Å². The summed E-state index contributed by atoms with van der Waals surface area (Å²) >= 11 is 1.82. The van der Waals surface area contributed by atoms with Crippen LogP contribution in [-0.2, 0) is 57.6 Å². The van der Waals surface area contributed by atoms with Crippen molar-refractivity contribution in [2.24, 2.45) is 10.2 Å². The SMILES string of the molecule is O=C(CCCC[C@H]1SC[C@H]2NC(=O)N[C@H]21)NC(Cc1cn(CCc2ccc(O)c(N=Nc3ccc(C(=O)ON4C(=O)CCC4=O)cc3)c2)nn1)C(=O)NCCCOCCOCCOCCCNC(=O)c1ccc(C(=O)c2ccccc2)cc1. The number of hydrogen-bond acceptors (Lipinski definition) is 18. The van der Waals surface area contributed by atoms with Gasteiger partial charge in [-0.05, 0) is 86.2 Å². The quantitative estimate of drug-likeness (QED) is 0.0103. The van der Waals surface area contributed by atoms with E-state index in [2.05, 4.69) is 47.1 Å². The van der Waals surface area contributed by atoms with Gasteiger partial charge in [-0.2, -0.15) is 16.9 Å². The number of rotatable bonds is 33. The fraction of sp³-hybridized carbons (Fsp3) is 0.414. The van der Waals surface area contributed by atoms with E-state index >= 15 is 0 Å². The average molecular weight is 1160 g/mol. The number of ketones is 1. The molecule has 6 N–H and O–H groups in total. The number of fused-ring (bicyclic) bond motifs is 1. The predicted octanol–water partition coefficient (Wildman–Crippen LogP) is 5.22. The third-order valence-corrected chi connectivity index (χ3v) is 15.2. The Hall–Kier alpha value is -8.39. The van der Waals surface area contributed by atoms with Gasteiger partial charge in [0.25, 0.3) is 17.7 Å². The van der Waals surface area contributed by atoms with Crippen molar-refractivity contribution in [1.29, 1.82) is 0 Å². The van der Waals surface area contributed by atoms with Crippen LogP contribution < -0.4 is 26.6 Å². The smallest absolute Gasteiger partial charge is 0.363 e. The van der Waals surface area contributed by atoms with Crippen molar-refractivity contribution in [3.63, 3.8) is 0 Å². The first-order valence-electron chi connectivity index (χ1n) is 27.6. The third-order valence-electron chi connectivity index (χ3n) is 13.7. The molecule has 3 fully saturated rings. The summed E-state index contributed by atoms with van der Waals surface area (Å²) in [6.45, 7) is 3.34. The number of hydrogen-bond donors (Lipinski definition) is 6. The zero-order valence-corrected chi connectivity index (χ0v) is 46.5. The van der Waals surface area contributed by atoms with Crippen molar-refractivity contribution >= 4 is 70.5 Å². The highest BCUT2D eigenvalue weighted by atomic mass is 32.2. The Bertz CT molecular complexity index is 3060. The van der Waals surface area contributed by atoms with Crippen molar-refractivity contribution in [2.45, 2.75) is 94.1 Å². The fourth-order valence-corrected chi connectivity index (χ4v) is 10.7. The van der Waals surface area contributed by atoms with Crippen LogP contribution in [0, 0.1) is 0 Å². The van der Waals surface area contributed by atoms with Gasteiger partial charge in [-0.1, -0.05) is 60.2 Å². The van der Waals surface area contributed by atoms with Gasteiger partial charge in [0.2, 0.25) is 11.8 Å². The van der Waals surface area contributed by atoms with Crippen LogP contribution in [0.15, 0.2) is 113 Å². The summed E-state index contributed by atoms with van der Waals surface area (Å²) in [5, 5.41) is 42.9. The van der Waals surface area contributed by atoms with Gasteiger partial charge in [0.05, 0.1) is 55.5 Å². The Morgan fingerprint density at radius 1 is 0.735 bits per heavy atom. The van der Waals surface area contributed by atoms with Crippen LogP contribution in [0.25, 0.3) is 0 Å². The number of phenolic OH excluding ortho intramolecular Hbond substituents is 1. The molecule has 3 saturated heterocycles. The molecule has 0 saturated carbocycles. The van der Waals surface area contributed by atoms with Crippen LogP contribution in [0.5, 0.6) is 5.75 Å². The maximum Gasteiger partial charge on any atom is 0.363 e. The van der Waals surface area contributed by atoms with Crippen LogP contribution >= 0.6 is 11.8 Å². The van der Waals surface area contributed by atoms with Gasteiger partial charge >= 0.3 is 12.0 Å². The molecule has 8 rings (SSSR count). The van der Waals surface area contributed by atoms with Crippen LogP contribution in [-0.4, -0.2) is 154 Å². The van der Waals surface area contributed by atoms with Crippen molar-refractivity contribution in [3.05, 3.63) is 137 Å². The molecule has 83 heavy (non-hydrogen) atoms. The number of unbranched alkanes of at least 4 members (excludes halogenated alkanes) is 1. The Kier molecular flexibility index (Phi) is 22.8. The van der Waals surface area contributed by atoms with Crippen LogP contribution in [0.4, 0.5) is 16.2 Å². The minimum Gasteiger partial charge on any atom is -0.506 e. The lowest BCUT2D eigenvalue weighted by atomic mass is 10.0. The van der Waals surface area contributed by atoms with Gasteiger partial charge < -0.3 is 50.7 Å².